The Balaban J connectivity index is 1.87. The molecule has 0 unspecified atom stereocenters. The van der Waals surface area contributed by atoms with Crippen molar-refractivity contribution in [1.29, 1.82) is 0 Å². The number of rotatable bonds is 8. The summed E-state index contributed by atoms with van der Waals surface area (Å²) in [6.45, 7) is 0. The molecule has 4 aromatic rings. The summed E-state index contributed by atoms with van der Waals surface area (Å²) in [5.74, 6) is 4.72. The molecule has 0 N–H and O–H groups in total. The van der Waals surface area contributed by atoms with Gasteiger partial charge in [0.15, 0.2) is 0 Å². The van der Waals surface area contributed by atoms with Gasteiger partial charge in [-0.05, 0) is 66.8 Å². The molecule has 8 bridgehead atoms. The smallest absolute Gasteiger partial charge is 0.125 e. The van der Waals surface area contributed by atoms with Crippen molar-refractivity contribution in [2.24, 2.45) is 0 Å². The molecular weight excluding hydrogens is 638 g/mol. The van der Waals surface area contributed by atoms with Gasteiger partial charge in [0.1, 0.15) is 23.0 Å². The van der Waals surface area contributed by atoms with E-state index >= 15 is 0 Å². The van der Waals surface area contributed by atoms with Crippen LogP contribution in [0.1, 0.15) is 66.8 Å². The third-order valence-corrected chi connectivity index (χ3v) is 9.40. The highest BCUT2D eigenvalue weighted by atomic mass is 35.5. The number of benzene rings is 4. The minimum Gasteiger partial charge on any atom is -0.496 e. The summed E-state index contributed by atoms with van der Waals surface area (Å²) in [5.41, 5.74) is 12.1. The largest absolute Gasteiger partial charge is 0.496 e. The Labute approximate surface area is 280 Å². The Morgan fingerprint density at radius 2 is 0.523 bits per heavy atom. The van der Waals surface area contributed by atoms with E-state index in [0.29, 0.717) is 49.2 Å². The van der Waals surface area contributed by atoms with Crippen LogP contribution in [0.4, 0.5) is 0 Å². The first kappa shape index (κ1) is 32.6. The van der Waals surface area contributed by atoms with Gasteiger partial charge in [-0.2, -0.15) is 0 Å². The van der Waals surface area contributed by atoms with Crippen LogP contribution in [0.25, 0.3) is 0 Å². The molecular formula is C36H36Cl4O4. The minimum absolute atomic E-state index is 0.371. The van der Waals surface area contributed by atoms with Crippen molar-refractivity contribution in [3.63, 3.8) is 0 Å². The van der Waals surface area contributed by atoms with Gasteiger partial charge in [0.2, 0.25) is 0 Å². The number of methoxy groups -OCH3 is 4. The summed E-state index contributed by atoms with van der Waals surface area (Å²) in [5, 5.41) is 0. The van der Waals surface area contributed by atoms with Gasteiger partial charge in [-0.25, -0.2) is 0 Å². The van der Waals surface area contributed by atoms with Crippen LogP contribution < -0.4 is 18.9 Å². The van der Waals surface area contributed by atoms with Crippen molar-refractivity contribution < 1.29 is 18.9 Å². The Morgan fingerprint density at radius 3 is 0.636 bits per heavy atom. The van der Waals surface area contributed by atoms with Crippen molar-refractivity contribution in [2.45, 2.75) is 49.2 Å². The zero-order chi connectivity index (χ0) is 31.4. The standard InChI is InChI=1S/C36H36Cl4O4/c1-41-33-25-5-21(17-37)6-26(33)14-28-8-23(19-39)10-30(35(28)43-3)16-32-12-24(20-40)11-31(36(32)44-4)15-29-9-22(18-38)7-27(13-25)34(29)42-2/h5-12H,13-20H2,1-4H3. The summed E-state index contributed by atoms with van der Waals surface area (Å²) in [6, 6.07) is 16.9. The van der Waals surface area contributed by atoms with Gasteiger partial charge in [0.05, 0.1) is 28.4 Å². The second-order valence-electron chi connectivity index (χ2n) is 11.0. The maximum absolute atomic E-state index is 6.45. The van der Waals surface area contributed by atoms with Crippen molar-refractivity contribution in [1.82, 2.24) is 0 Å². The van der Waals surface area contributed by atoms with Crippen LogP contribution in [0, 0.1) is 0 Å². The van der Waals surface area contributed by atoms with Gasteiger partial charge in [-0.3, -0.25) is 0 Å². The molecule has 0 amide bonds. The maximum Gasteiger partial charge on any atom is 0.125 e. The van der Waals surface area contributed by atoms with Crippen LogP contribution in [0.5, 0.6) is 23.0 Å². The average Bonchev–Trinajstić information content (AvgIpc) is 3.03. The average molecular weight is 674 g/mol. The minimum atomic E-state index is 0.371. The van der Waals surface area contributed by atoms with E-state index in [1.165, 1.54) is 0 Å². The van der Waals surface area contributed by atoms with E-state index in [1.807, 2.05) is 0 Å². The molecule has 0 saturated carbocycles. The fraction of sp³-hybridized carbons (Fsp3) is 0.333. The molecule has 0 heterocycles. The van der Waals surface area contributed by atoms with Crippen molar-refractivity contribution in [2.75, 3.05) is 28.4 Å². The number of ether oxygens (including phenoxy) is 4. The number of hydrogen-bond acceptors (Lipinski definition) is 4. The number of hydrogen-bond donors (Lipinski definition) is 0. The molecule has 8 heteroatoms. The molecule has 4 nitrogen and oxygen atoms in total. The Bertz CT molecular complexity index is 1330. The molecule has 0 aliphatic heterocycles. The lowest BCUT2D eigenvalue weighted by Crippen LogP contribution is -2.08. The SMILES string of the molecule is COc1c2cc(CCl)cc1Cc1cc(CCl)cc(c1OC)Cc1cc(CCl)cc(c1OC)Cc1cc(CCl)cc(c1OC)C2. The van der Waals surface area contributed by atoms with E-state index in [2.05, 4.69) is 48.5 Å². The summed E-state index contributed by atoms with van der Waals surface area (Å²) >= 11 is 25.8. The second kappa shape index (κ2) is 14.6. The Morgan fingerprint density at radius 1 is 0.364 bits per heavy atom. The van der Waals surface area contributed by atoms with Gasteiger partial charge in [-0.15, -0.1) is 46.4 Å². The summed E-state index contributed by atoms with van der Waals surface area (Å²) in [6.07, 6.45) is 2.26. The first-order chi connectivity index (χ1) is 21.4. The van der Waals surface area contributed by atoms with E-state index in [-0.39, 0.29) is 0 Å². The highest BCUT2D eigenvalue weighted by Crippen LogP contribution is 2.40. The van der Waals surface area contributed by atoms with E-state index in [1.54, 1.807) is 28.4 Å². The third-order valence-electron chi connectivity index (χ3n) is 8.17. The zero-order valence-electron chi connectivity index (χ0n) is 25.4. The normalized spacial score (nSPS) is 12.5. The topological polar surface area (TPSA) is 36.9 Å². The molecule has 0 radical (unpaired) electrons. The van der Waals surface area contributed by atoms with Gasteiger partial charge in [-0.1, -0.05) is 48.5 Å². The highest BCUT2D eigenvalue weighted by Gasteiger charge is 2.23. The molecule has 1 aliphatic carbocycles. The molecule has 4 aromatic carbocycles. The molecule has 232 valence electrons. The molecule has 1 aliphatic rings. The van der Waals surface area contributed by atoms with Crippen molar-refractivity contribution >= 4 is 46.4 Å². The molecule has 0 atom stereocenters. The summed E-state index contributed by atoms with van der Waals surface area (Å²) in [4.78, 5) is 0. The highest BCUT2D eigenvalue weighted by molar-refractivity contribution is 6.17. The van der Waals surface area contributed by atoms with Crippen LogP contribution in [-0.4, -0.2) is 28.4 Å². The predicted octanol–water partition coefficient (Wildman–Crippen LogP) is 9.35. The fourth-order valence-electron chi connectivity index (χ4n) is 6.53. The van der Waals surface area contributed by atoms with E-state index in [4.69, 9.17) is 65.4 Å². The zero-order valence-corrected chi connectivity index (χ0v) is 28.4. The van der Waals surface area contributed by atoms with Crippen LogP contribution in [0.15, 0.2) is 48.5 Å². The van der Waals surface area contributed by atoms with Crippen molar-refractivity contribution in [3.8, 4) is 23.0 Å². The number of halogens is 4. The molecule has 0 aromatic heterocycles. The molecule has 5 rings (SSSR count). The first-order valence-electron chi connectivity index (χ1n) is 14.4. The van der Waals surface area contributed by atoms with Crippen LogP contribution >= 0.6 is 46.4 Å². The van der Waals surface area contributed by atoms with E-state index in [9.17, 15) is 0 Å². The lowest BCUT2D eigenvalue weighted by Gasteiger charge is -2.23. The number of fused-ring (bicyclic) bond motifs is 8. The van der Waals surface area contributed by atoms with E-state index < -0.39 is 0 Å². The van der Waals surface area contributed by atoms with Crippen LogP contribution in [0.3, 0.4) is 0 Å². The van der Waals surface area contributed by atoms with Crippen LogP contribution in [-0.2, 0) is 49.2 Å². The summed E-state index contributed by atoms with van der Waals surface area (Å²) < 4.78 is 24.4. The molecule has 44 heavy (non-hydrogen) atoms. The third kappa shape index (κ3) is 6.60. The number of alkyl halides is 4. The fourth-order valence-corrected chi connectivity index (χ4v) is 7.15. The van der Waals surface area contributed by atoms with E-state index in [0.717, 1.165) is 89.8 Å². The van der Waals surface area contributed by atoms with Gasteiger partial charge in [0.25, 0.3) is 0 Å². The lowest BCUT2D eigenvalue weighted by atomic mass is 9.88. The lowest BCUT2D eigenvalue weighted by molar-refractivity contribution is 0.395. The quantitative estimate of drug-likeness (QED) is 0.154. The van der Waals surface area contributed by atoms with Crippen LogP contribution in [0.2, 0.25) is 0 Å². The van der Waals surface area contributed by atoms with Gasteiger partial charge in [0, 0.05) is 49.2 Å². The maximum atomic E-state index is 6.45. The van der Waals surface area contributed by atoms with Gasteiger partial charge < -0.3 is 18.9 Å². The predicted molar refractivity (Wildman–Crippen MR) is 181 cm³/mol. The molecule has 0 saturated heterocycles. The Kier molecular flexibility index (Phi) is 10.8. The summed E-state index contributed by atoms with van der Waals surface area (Å²) in [7, 11) is 6.85. The first-order valence-corrected chi connectivity index (χ1v) is 16.5. The molecule has 0 fully saturated rings. The Hall–Kier alpha value is -2.76. The second-order valence-corrected chi connectivity index (χ2v) is 12.1. The van der Waals surface area contributed by atoms with Gasteiger partial charge >= 0.3 is 0 Å². The van der Waals surface area contributed by atoms with Crippen molar-refractivity contribution in [3.05, 3.63) is 115 Å². The monoisotopic (exact) mass is 672 g/mol. The molecule has 0 spiro atoms.